The van der Waals surface area contributed by atoms with E-state index < -0.39 is 0 Å². The lowest BCUT2D eigenvalue weighted by molar-refractivity contribution is 0.577. The van der Waals surface area contributed by atoms with Crippen LogP contribution in [0.3, 0.4) is 0 Å². The minimum absolute atomic E-state index is 0.648. The number of thioether (sulfide) groups is 1. The fourth-order valence-corrected chi connectivity index (χ4v) is 3.84. The zero-order chi connectivity index (χ0) is 20.8. The van der Waals surface area contributed by atoms with Gasteiger partial charge in [-0.3, -0.25) is 0 Å². The van der Waals surface area contributed by atoms with Crippen molar-refractivity contribution in [1.82, 2.24) is 40.5 Å². The van der Waals surface area contributed by atoms with Crippen LogP contribution in [0.1, 0.15) is 16.8 Å². The number of aryl methyl sites for hydroxylation is 2. The fourth-order valence-electron chi connectivity index (χ4n) is 3.10. The Hall–Kier alpha value is -3.04. The first-order valence-electron chi connectivity index (χ1n) is 9.80. The van der Waals surface area contributed by atoms with E-state index in [9.17, 15) is 0 Å². The van der Waals surface area contributed by atoms with E-state index in [0.717, 1.165) is 34.4 Å². The lowest BCUT2D eigenvalue weighted by Crippen LogP contribution is -2.18. The summed E-state index contributed by atoms with van der Waals surface area (Å²) in [5.41, 5.74) is 5.40. The normalized spacial score (nSPS) is 11.1. The van der Waals surface area contributed by atoms with Crippen LogP contribution in [0.4, 0.5) is 0 Å². The average Bonchev–Trinajstić information content (AvgIpc) is 3.36. The van der Waals surface area contributed by atoms with Crippen LogP contribution in [-0.2, 0) is 20.1 Å². The molecule has 0 atom stereocenters. The van der Waals surface area contributed by atoms with E-state index in [1.807, 2.05) is 25.2 Å². The first-order chi connectivity index (χ1) is 14.7. The Balaban J connectivity index is 1.44. The summed E-state index contributed by atoms with van der Waals surface area (Å²) in [6, 6.07) is 18.5. The summed E-state index contributed by atoms with van der Waals surface area (Å²) in [6.45, 7) is 4.23. The van der Waals surface area contributed by atoms with E-state index >= 15 is 0 Å². The fraction of sp³-hybridized carbons (Fsp3) is 0.286. The molecule has 30 heavy (non-hydrogen) atoms. The second-order valence-electron chi connectivity index (χ2n) is 6.93. The Morgan fingerprint density at radius 2 is 1.80 bits per heavy atom. The van der Waals surface area contributed by atoms with Crippen molar-refractivity contribution < 1.29 is 0 Å². The molecule has 0 unspecified atom stereocenters. The van der Waals surface area contributed by atoms with Crippen LogP contribution >= 0.6 is 11.8 Å². The Morgan fingerprint density at radius 3 is 2.57 bits per heavy atom. The lowest BCUT2D eigenvalue weighted by Gasteiger charge is -2.04. The molecular formula is C21H24N8S. The van der Waals surface area contributed by atoms with Gasteiger partial charge in [-0.1, -0.05) is 66.4 Å². The van der Waals surface area contributed by atoms with Crippen molar-refractivity contribution in [2.24, 2.45) is 7.05 Å². The molecule has 0 saturated carbocycles. The van der Waals surface area contributed by atoms with E-state index in [-0.39, 0.29) is 0 Å². The molecule has 4 rings (SSSR count). The van der Waals surface area contributed by atoms with Crippen LogP contribution in [0.15, 0.2) is 59.8 Å². The maximum Gasteiger partial charge on any atom is 0.209 e. The highest BCUT2D eigenvalue weighted by Gasteiger charge is 2.13. The highest BCUT2D eigenvalue weighted by atomic mass is 32.2. The third kappa shape index (κ3) is 4.92. The molecular weight excluding hydrogens is 396 g/mol. The SMILES string of the molecule is Cc1ccccc1Cn1nc(CNCCSc2nnnn2C)c(-c2ccccc2)n1. The number of nitrogens with one attached hydrogen (secondary N) is 1. The molecule has 0 radical (unpaired) electrons. The summed E-state index contributed by atoms with van der Waals surface area (Å²) in [6.07, 6.45) is 0. The van der Waals surface area contributed by atoms with Crippen LogP contribution in [0.5, 0.6) is 0 Å². The number of hydrogen-bond acceptors (Lipinski definition) is 7. The number of rotatable bonds is 9. The summed E-state index contributed by atoms with van der Waals surface area (Å²) in [5, 5.41) is 25.4. The van der Waals surface area contributed by atoms with Gasteiger partial charge in [0, 0.05) is 31.5 Å². The molecule has 0 aliphatic carbocycles. The molecule has 154 valence electrons. The zero-order valence-electron chi connectivity index (χ0n) is 17.1. The number of nitrogens with zero attached hydrogens (tertiary/aromatic N) is 7. The van der Waals surface area contributed by atoms with Gasteiger partial charge in [-0.15, -0.1) is 5.10 Å². The molecule has 1 N–H and O–H groups in total. The molecule has 2 heterocycles. The Bertz CT molecular complexity index is 1090. The molecule has 0 saturated heterocycles. The van der Waals surface area contributed by atoms with Crippen molar-refractivity contribution in [1.29, 1.82) is 0 Å². The van der Waals surface area contributed by atoms with Crippen molar-refractivity contribution >= 4 is 11.8 Å². The molecule has 0 fully saturated rings. The van der Waals surface area contributed by atoms with E-state index in [1.165, 1.54) is 11.1 Å². The Kier molecular flexibility index (Phi) is 6.50. The van der Waals surface area contributed by atoms with Crippen LogP contribution < -0.4 is 5.32 Å². The molecule has 0 bridgehead atoms. The van der Waals surface area contributed by atoms with Crippen LogP contribution in [-0.4, -0.2) is 47.5 Å². The summed E-state index contributed by atoms with van der Waals surface area (Å²) < 4.78 is 1.68. The first kappa shape index (κ1) is 20.2. The standard InChI is InChI=1S/C21H24N8S/c1-16-8-6-7-11-18(16)15-29-24-19(20(25-29)17-9-4-3-5-10-17)14-22-12-13-30-21-23-26-27-28(21)2/h3-11,22H,12-15H2,1-2H3. The van der Waals surface area contributed by atoms with Gasteiger partial charge < -0.3 is 5.32 Å². The summed E-state index contributed by atoms with van der Waals surface area (Å²) in [5.74, 6) is 0.867. The highest BCUT2D eigenvalue weighted by molar-refractivity contribution is 7.99. The minimum Gasteiger partial charge on any atom is -0.310 e. The van der Waals surface area contributed by atoms with Crippen molar-refractivity contribution in [2.45, 2.75) is 25.2 Å². The smallest absolute Gasteiger partial charge is 0.209 e. The first-order valence-corrected chi connectivity index (χ1v) is 10.8. The van der Waals surface area contributed by atoms with Crippen LogP contribution in [0.2, 0.25) is 0 Å². The van der Waals surface area contributed by atoms with Gasteiger partial charge in [0.25, 0.3) is 0 Å². The molecule has 0 aliphatic heterocycles. The maximum atomic E-state index is 4.80. The van der Waals surface area contributed by atoms with E-state index in [1.54, 1.807) is 21.2 Å². The molecule has 2 aromatic carbocycles. The monoisotopic (exact) mass is 420 g/mol. The summed E-state index contributed by atoms with van der Waals surface area (Å²) >= 11 is 1.62. The minimum atomic E-state index is 0.648. The second kappa shape index (κ2) is 9.64. The Morgan fingerprint density at radius 1 is 1.00 bits per heavy atom. The van der Waals surface area contributed by atoms with Crippen molar-refractivity contribution in [3.8, 4) is 11.3 Å². The molecule has 0 amide bonds. The maximum absolute atomic E-state index is 4.80. The van der Waals surface area contributed by atoms with Gasteiger partial charge >= 0.3 is 0 Å². The van der Waals surface area contributed by atoms with Gasteiger partial charge in [0.1, 0.15) is 11.4 Å². The second-order valence-corrected chi connectivity index (χ2v) is 7.99. The highest BCUT2D eigenvalue weighted by Crippen LogP contribution is 2.21. The van der Waals surface area contributed by atoms with Gasteiger partial charge in [0.2, 0.25) is 5.16 Å². The van der Waals surface area contributed by atoms with Gasteiger partial charge in [-0.25, -0.2) is 4.68 Å². The van der Waals surface area contributed by atoms with E-state index in [2.05, 4.69) is 64.2 Å². The summed E-state index contributed by atoms with van der Waals surface area (Å²) in [7, 11) is 1.84. The number of tetrazole rings is 1. The predicted octanol–water partition coefficient (Wildman–Crippen LogP) is 2.71. The molecule has 4 aromatic rings. The Labute approximate surface area is 179 Å². The van der Waals surface area contributed by atoms with Crippen molar-refractivity contribution in [3.05, 3.63) is 71.4 Å². The number of benzene rings is 2. The summed E-state index contributed by atoms with van der Waals surface area (Å²) in [4.78, 5) is 1.79. The third-order valence-corrected chi connectivity index (χ3v) is 5.74. The number of hydrogen-bond donors (Lipinski definition) is 1. The molecule has 0 aliphatic rings. The number of aromatic nitrogens is 7. The van der Waals surface area contributed by atoms with Crippen LogP contribution in [0.25, 0.3) is 11.3 Å². The largest absolute Gasteiger partial charge is 0.310 e. The molecule has 2 aromatic heterocycles. The lowest BCUT2D eigenvalue weighted by atomic mass is 10.1. The van der Waals surface area contributed by atoms with Gasteiger partial charge in [0.15, 0.2) is 0 Å². The van der Waals surface area contributed by atoms with E-state index in [0.29, 0.717) is 13.1 Å². The predicted molar refractivity (Wildman–Crippen MR) is 117 cm³/mol. The quantitative estimate of drug-likeness (QED) is 0.329. The average molecular weight is 421 g/mol. The van der Waals surface area contributed by atoms with Gasteiger partial charge in [-0.2, -0.15) is 15.0 Å². The van der Waals surface area contributed by atoms with Crippen molar-refractivity contribution in [3.63, 3.8) is 0 Å². The van der Waals surface area contributed by atoms with Gasteiger partial charge in [0.05, 0.1) is 6.54 Å². The molecule has 8 nitrogen and oxygen atoms in total. The topological polar surface area (TPSA) is 86.3 Å². The molecule has 9 heteroatoms. The third-order valence-electron chi connectivity index (χ3n) is 4.73. The van der Waals surface area contributed by atoms with E-state index in [4.69, 9.17) is 10.2 Å². The molecule has 0 spiro atoms. The van der Waals surface area contributed by atoms with Gasteiger partial charge in [-0.05, 0) is 28.5 Å². The zero-order valence-corrected chi connectivity index (χ0v) is 17.9. The van der Waals surface area contributed by atoms with Crippen molar-refractivity contribution in [2.75, 3.05) is 12.3 Å². The van der Waals surface area contributed by atoms with Crippen LogP contribution in [0, 0.1) is 6.92 Å².